The largest absolute Gasteiger partial charge is 0.349 e. The number of nitrogens with zero attached hydrogens (tertiary/aromatic N) is 2. The quantitative estimate of drug-likeness (QED) is 0.688. The summed E-state index contributed by atoms with van der Waals surface area (Å²) in [5.74, 6) is -0.661. The average Bonchev–Trinajstić information content (AvgIpc) is 2.98. The highest BCUT2D eigenvalue weighted by molar-refractivity contribution is 7.90. The SMILES string of the molecule is Cc1ccc(S(=O)(=O)n2ccn(C(=O)c3cccc(Cl)c3)c2=O)cc1C. The lowest BCUT2D eigenvalue weighted by Crippen LogP contribution is -2.32. The zero-order valence-corrected chi connectivity index (χ0v) is 15.6. The van der Waals surface area contributed by atoms with Gasteiger partial charge in [-0.3, -0.25) is 4.79 Å². The normalized spacial score (nSPS) is 11.5. The van der Waals surface area contributed by atoms with E-state index in [1.54, 1.807) is 25.1 Å². The Bertz CT molecular complexity index is 1180. The summed E-state index contributed by atoms with van der Waals surface area (Å²) >= 11 is 5.86. The van der Waals surface area contributed by atoms with Crippen molar-refractivity contribution in [3.63, 3.8) is 0 Å². The number of hydrogen-bond donors (Lipinski definition) is 0. The van der Waals surface area contributed by atoms with E-state index in [4.69, 9.17) is 11.6 Å². The molecule has 0 atom stereocenters. The number of rotatable bonds is 3. The van der Waals surface area contributed by atoms with Gasteiger partial charge in [0.1, 0.15) is 0 Å². The third-order valence-electron chi connectivity index (χ3n) is 4.07. The molecule has 0 fully saturated rings. The molecular weight excluding hydrogens is 376 g/mol. The number of hydrogen-bond acceptors (Lipinski definition) is 4. The molecule has 0 bridgehead atoms. The Morgan fingerprint density at radius 2 is 1.73 bits per heavy atom. The van der Waals surface area contributed by atoms with Crippen molar-refractivity contribution in [1.82, 2.24) is 8.54 Å². The first kappa shape index (κ1) is 18.2. The van der Waals surface area contributed by atoms with Crippen LogP contribution in [0.3, 0.4) is 0 Å². The van der Waals surface area contributed by atoms with Gasteiger partial charge in [0.05, 0.1) is 4.90 Å². The van der Waals surface area contributed by atoms with Crippen LogP contribution in [0.4, 0.5) is 0 Å². The van der Waals surface area contributed by atoms with Crippen molar-refractivity contribution in [3.8, 4) is 0 Å². The summed E-state index contributed by atoms with van der Waals surface area (Å²) in [4.78, 5) is 25.0. The first-order valence-corrected chi connectivity index (χ1v) is 9.47. The highest BCUT2D eigenvalue weighted by Gasteiger charge is 2.23. The van der Waals surface area contributed by atoms with Gasteiger partial charge in [0.25, 0.3) is 15.9 Å². The fourth-order valence-electron chi connectivity index (χ4n) is 2.45. The Morgan fingerprint density at radius 3 is 2.38 bits per heavy atom. The molecule has 1 aromatic heterocycles. The van der Waals surface area contributed by atoms with Crippen molar-refractivity contribution in [2.75, 3.05) is 0 Å². The second kappa shape index (κ2) is 6.59. The highest BCUT2D eigenvalue weighted by atomic mass is 35.5. The van der Waals surface area contributed by atoms with E-state index in [0.29, 0.717) is 9.00 Å². The number of aromatic nitrogens is 2. The lowest BCUT2D eigenvalue weighted by Gasteiger charge is -2.07. The molecule has 0 amide bonds. The molecular formula is C18H15ClN2O4S. The minimum Gasteiger partial charge on any atom is -0.268 e. The number of aryl methyl sites for hydroxylation is 2. The molecule has 1 heterocycles. The molecule has 6 nitrogen and oxygen atoms in total. The molecule has 0 unspecified atom stereocenters. The predicted molar refractivity (Wildman–Crippen MR) is 98.4 cm³/mol. The molecule has 0 N–H and O–H groups in total. The third kappa shape index (κ3) is 3.11. The summed E-state index contributed by atoms with van der Waals surface area (Å²) in [5, 5.41) is 0.339. The topological polar surface area (TPSA) is 78.1 Å². The van der Waals surface area contributed by atoms with Crippen LogP contribution in [0, 0.1) is 13.8 Å². The van der Waals surface area contributed by atoms with Gasteiger partial charge in [0.15, 0.2) is 0 Å². The van der Waals surface area contributed by atoms with Gasteiger partial charge < -0.3 is 0 Å². The smallest absolute Gasteiger partial charge is 0.268 e. The molecule has 0 spiro atoms. The van der Waals surface area contributed by atoms with Crippen LogP contribution in [0.15, 0.2) is 64.5 Å². The zero-order chi connectivity index (χ0) is 19.1. The van der Waals surface area contributed by atoms with Gasteiger partial charge in [0, 0.05) is 23.0 Å². The van der Waals surface area contributed by atoms with Crippen LogP contribution in [0.1, 0.15) is 21.5 Å². The number of carbonyl (C=O) groups excluding carboxylic acids is 1. The number of imidazole rings is 1. The van der Waals surface area contributed by atoms with Crippen LogP contribution < -0.4 is 5.69 Å². The second-order valence-corrected chi connectivity index (χ2v) is 8.06. The number of benzene rings is 2. The van der Waals surface area contributed by atoms with Crippen molar-refractivity contribution in [2.45, 2.75) is 18.7 Å². The van der Waals surface area contributed by atoms with Crippen molar-refractivity contribution in [1.29, 1.82) is 0 Å². The summed E-state index contributed by atoms with van der Waals surface area (Å²) in [6, 6.07) is 10.7. The molecule has 3 aromatic rings. The Labute approximate surface area is 155 Å². The highest BCUT2D eigenvalue weighted by Crippen LogP contribution is 2.17. The zero-order valence-electron chi connectivity index (χ0n) is 14.0. The van der Waals surface area contributed by atoms with Gasteiger partial charge in [-0.25, -0.2) is 17.8 Å². The lowest BCUT2D eigenvalue weighted by molar-refractivity contribution is 0.0956. The van der Waals surface area contributed by atoms with Crippen LogP contribution in [0.5, 0.6) is 0 Å². The van der Waals surface area contributed by atoms with Crippen LogP contribution in [0.25, 0.3) is 0 Å². The van der Waals surface area contributed by atoms with Crippen molar-refractivity contribution in [3.05, 3.63) is 87.1 Å². The van der Waals surface area contributed by atoms with Gasteiger partial charge in [-0.2, -0.15) is 3.97 Å². The maximum atomic E-state index is 12.8. The molecule has 2 aromatic carbocycles. The van der Waals surface area contributed by atoms with E-state index in [1.807, 2.05) is 6.92 Å². The summed E-state index contributed by atoms with van der Waals surface area (Å²) in [5.41, 5.74) is 0.938. The molecule has 0 saturated carbocycles. The molecule has 0 aliphatic heterocycles. The van der Waals surface area contributed by atoms with E-state index in [1.165, 1.54) is 24.3 Å². The molecule has 0 saturated heterocycles. The molecule has 0 aliphatic carbocycles. The monoisotopic (exact) mass is 390 g/mol. The van der Waals surface area contributed by atoms with Gasteiger partial charge in [-0.1, -0.05) is 23.7 Å². The van der Waals surface area contributed by atoms with Gasteiger partial charge in [0.2, 0.25) is 0 Å². The van der Waals surface area contributed by atoms with E-state index < -0.39 is 21.6 Å². The van der Waals surface area contributed by atoms with E-state index in [9.17, 15) is 18.0 Å². The Morgan fingerprint density at radius 1 is 1.00 bits per heavy atom. The molecule has 3 rings (SSSR count). The number of halogens is 1. The summed E-state index contributed by atoms with van der Waals surface area (Å²) in [6.07, 6.45) is 2.19. The molecule has 0 radical (unpaired) electrons. The molecule has 26 heavy (non-hydrogen) atoms. The Hall–Kier alpha value is -2.64. The number of carbonyl (C=O) groups is 1. The maximum Gasteiger partial charge on any atom is 0.349 e. The average molecular weight is 391 g/mol. The first-order chi connectivity index (χ1) is 12.2. The van der Waals surface area contributed by atoms with Crippen molar-refractivity contribution >= 4 is 27.5 Å². The Balaban J connectivity index is 2.07. The van der Waals surface area contributed by atoms with E-state index >= 15 is 0 Å². The molecule has 134 valence electrons. The second-order valence-electron chi connectivity index (χ2n) is 5.81. The Kier molecular flexibility index (Phi) is 4.60. The first-order valence-electron chi connectivity index (χ1n) is 7.65. The van der Waals surface area contributed by atoms with E-state index in [0.717, 1.165) is 28.1 Å². The fourth-order valence-corrected chi connectivity index (χ4v) is 3.94. The summed E-state index contributed by atoms with van der Waals surface area (Å²) < 4.78 is 26.8. The summed E-state index contributed by atoms with van der Waals surface area (Å²) in [7, 11) is -4.11. The van der Waals surface area contributed by atoms with Crippen LogP contribution >= 0.6 is 11.6 Å². The third-order valence-corrected chi connectivity index (χ3v) is 5.95. The molecule has 0 aliphatic rings. The van der Waals surface area contributed by atoms with Gasteiger partial charge >= 0.3 is 5.69 Å². The minimum absolute atomic E-state index is 0.0179. The van der Waals surface area contributed by atoms with E-state index in [2.05, 4.69) is 0 Å². The van der Waals surface area contributed by atoms with E-state index in [-0.39, 0.29) is 10.5 Å². The lowest BCUT2D eigenvalue weighted by atomic mass is 10.1. The van der Waals surface area contributed by atoms with Crippen molar-refractivity contribution < 1.29 is 13.2 Å². The van der Waals surface area contributed by atoms with Crippen LogP contribution in [-0.4, -0.2) is 22.9 Å². The van der Waals surface area contributed by atoms with Crippen LogP contribution in [0.2, 0.25) is 5.02 Å². The molecule has 8 heteroatoms. The fraction of sp³-hybridized carbons (Fsp3) is 0.111. The van der Waals surface area contributed by atoms with Crippen LogP contribution in [-0.2, 0) is 10.0 Å². The van der Waals surface area contributed by atoms with Gasteiger partial charge in [-0.05, 0) is 55.3 Å². The minimum atomic E-state index is -4.11. The predicted octanol–water partition coefficient (Wildman–Crippen LogP) is 2.85. The van der Waals surface area contributed by atoms with Crippen molar-refractivity contribution in [2.24, 2.45) is 0 Å². The maximum absolute atomic E-state index is 12.8. The standard InChI is InChI=1S/C18H15ClN2O4S/c1-12-6-7-16(10-13(12)2)26(24,25)21-9-8-20(18(21)23)17(22)14-4-3-5-15(19)11-14/h3-11H,1-2H3. The van der Waals surface area contributed by atoms with Gasteiger partial charge in [-0.15, -0.1) is 0 Å². The summed E-state index contributed by atoms with van der Waals surface area (Å²) in [6.45, 7) is 3.64.